The minimum Gasteiger partial charge on any atom is -0.355 e. The zero-order valence-corrected chi connectivity index (χ0v) is 14.5. The highest BCUT2D eigenvalue weighted by Gasteiger charge is 2.17. The Labute approximate surface area is 136 Å². The summed E-state index contributed by atoms with van der Waals surface area (Å²) >= 11 is 3.53. The lowest BCUT2D eigenvalue weighted by Crippen LogP contribution is -2.36. The van der Waals surface area contributed by atoms with Gasteiger partial charge in [0.1, 0.15) is 0 Å². The molecule has 0 aliphatic carbocycles. The van der Waals surface area contributed by atoms with Crippen molar-refractivity contribution in [3.63, 3.8) is 0 Å². The summed E-state index contributed by atoms with van der Waals surface area (Å²) in [6, 6.07) is 8.09. The number of rotatable bonds is 8. The van der Waals surface area contributed by atoms with Crippen molar-refractivity contribution in [2.75, 3.05) is 19.6 Å². The summed E-state index contributed by atoms with van der Waals surface area (Å²) < 4.78 is 1.08. The maximum Gasteiger partial charge on any atom is 0.223 e. The van der Waals surface area contributed by atoms with Crippen LogP contribution >= 0.6 is 28.3 Å². The molecule has 20 heavy (non-hydrogen) atoms. The van der Waals surface area contributed by atoms with Gasteiger partial charge in [0.05, 0.1) is 0 Å². The molecule has 1 amide bonds. The van der Waals surface area contributed by atoms with Crippen molar-refractivity contribution < 1.29 is 4.79 Å². The van der Waals surface area contributed by atoms with Gasteiger partial charge in [-0.15, -0.1) is 12.4 Å². The number of nitrogens with one attached hydrogen (secondary N) is 2. The van der Waals surface area contributed by atoms with Gasteiger partial charge in [-0.05, 0) is 31.0 Å². The van der Waals surface area contributed by atoms with Gasteiger partial charge in [-0.2, -0.15) is 0 Å². The van der Waals surface area contributed by atoms with Gasteiger partial charge in [0, 0.05) is 23.5 Å². The molecule has 1 unspecified atom stereocenters. The molecule has 0 radical (unpaired) electrons. The van der Waals surface area contributed by atoms with Crippen LogP contribution in [0, 0.1) is 5.92 Å². The average molecular weight is 364 g/mol. The predicted octanol–water partition coefficient (Wildman–Crippen LogP) is 3.17. The first-order valence-electron chi connectivity index (χ1n) is 6.90. The first-order valence-corrected chi connectivity index (χ1v) is 7.70. The van der Waals surface area contributed by atoms with E-state index in [1.807, 2.05) is 18.2 Å². The molecular weight excluding hydrogens is 340 g/mol. The fraction of sp³-hybridized carbons (Fsp3) is 0.533. The second-order valence-electron chi connectivity index (χ2n) is 4.55. The molecule has 1 atom stereocenters. The molecule has 5 heteroatoms. The van der Waals surface area contributed by atoms with E-state index >= 15 is 0 Å². The molecule has 0 fully saturated rings. The zero-order valence-electron chi connectivity index (χ0n) is 12.1. The van der Waals surface area contributed by atoms with Gasteiger partial charge in [-0.3, -0.25) is 4.79 Å². The Bertz CT molecular complexity index is 401. The first-order chi connectivity index (χ1) is 9.19. The van der Waals surface area contributed by atoms with Gasteiger partial charge < -0.3 is 10.6 Å². The van der Waals surface area contributed by atoms with Gasteiger partial charge in [-0.1, -0.05) is 48.0 Å². The SMILES string of the molecule is CCNCCNC(=O)C(CC)Cc1ccccc1Br.Cl. The highest BCUT2D eigenvalue weighted by atomic mass is 79.9. The molecule has 0 aromatic heterocycles. The summed E-state index contributed by atoms with van der Waals surface area (Å²) in [7, 11) is 0. The van der Waals surface area contributed by atoms with E-state index in [9.17, 15) is 4.79 Å². The molecule has 0 saturated heterocycles. The molecule has 1 rings (SSSR count). The number of hydrogen-bond donors (Lipinski definition) is 2. The fourth-order valence-electron chi connectivity index (χ4n) is 1.95. The largest absolute Gasteiger partial charge is 0.355 e. The van der Waals surface area contributed by atoms with Crippen LogP contribution in [0.2, 0.25) is 0 Å². The van der Waals surface area contributed by atoms with Crippen molar-refractivity contribution in [1.82, 2.24) is 10.6 Å². The highest BCUT2D eigenvalue weighted by Crippen LogP contribution is 2.20. The smallest absolute Gasteiger partial charge is 0.223 e. The van der Waals surface area contributed by atoms with E-state index in [4.69, 9.17) is 0 Å². The normalized spacial score (nSPS) is 11.6. The molecular formula is C15H24BrClN2O. The maximum absolute atomic E-state index is 12.1. The van der Waals surface area contributed by atoms with E-state index in [2.05, 4.69) is 46.5 Å². The van der Waals surface area contributed by atoms with Crippen LogP contribution in [0.1, 0.15) is 25.8 Å². The number of halogens is 2. The third-order valence-corrected chi connectivity index (χ3v) is 3.91. The van der Waals surface area contributed by atoms with Crippen molar-refractivity contribution in [1.29, 1.82) is 0 Å². The van der Waals surface area contributed by atoms with Crippen LogP contribution in [0.15, 0.2) is 28.7 Å². The average Bonchev–Trinajstić information content (AvgIpc) is 2.42. The Morgan fingerprint density at radius 3 is 2.55 bits per heavy atom. The summed E-state index contributed by atoms with van der Waals surface area (Å²) in [6.45, 7) is 6.58. The van der Waals surface area contributed by atoms with Gasteiger partial charge in [0.15, 0.2) is 0 Å². The molecule has 3 nitrogen and oxygen atoms in total. The van der Waals surface area contributed by atoms with Gasteiger partial charge in [0.2, 0.25) is 5.91 Å². The molecule has 0 heterocycles. The number of carbonyl (C=O) groups excluding carboxylic acids is 1. The van der Waals surface area contributed by atoms with Gasteiger partial charge >= 0.3 is 0 Å². The number of likely N-dealkylation sites (N-methyl/N-ethyl adjacent to an activating group) is 1. The summed E-state index contributed by atoms with van der Waals surface area (Å²) in [5, 5.41) is 6.19. The van der Waals surface area contributed by atoms with Crippen molar-refractivity contribution in [2.45, 2.75) is 26.7 Å². The number of amides is 1. The minimum absolute atomic E-state index is 0. The number of carbonyl (C=O) groups is 1. The van der Waals surface area contributed by atoms with Crippen LogP contribution in [-0.4, -0.2) is 25.5 Å². The van der Waals surface area contributed by atoms with E-state index < -0.39 is 0 Å². The van der Waals surface area contributed by atoms with Crippen molar-refractivity contribution in [3.8, 4) is 0 Å². The molecule has 0 spiro atoms. The predicted molar refractivity (Wildman–Crippen MR) is 90.4 cm³/mol. The first kappa shape index (κ1) is 19.4. The third-order valence-electron chi connectivity index (χ3n) is 3.14. The van der Waals surface area contributed by atoms with Crippen molar-refractivity contribution in [3.05, 3.63) is 34.3 Å². The lowest BCUT2D eigenvalue weighted by Gasteiger charge is -2.16. The topological polar surface area (TPSA) is 41.1 Å². The maximum atomic E-state index is 12.1. The Hall–Kier alpha value is -0.580. The molecule has 0 aliphatic rings. The second kappa shape index (κ2) is 11.1. The van der Waals surface area contributed by atoms with E-state index in [0.29, 0.717) is 6.54 Å². The Morgan fingerprint density at radius 2 is 1.95 bits per heavy atom. The Morgan fingerprint density at radius 1 is 1.25 bits per heavy atom. The van der Waals surface area contributed by atoms with Crippen LogP contribution in [0.3, 0.4) is 0 Å². The minimum atomic E-state index is 0. The van der Waals surface area contributed by atoms with Crippen molar-refractivity contribution in [2.24, 2.45) is 5.92 Å². The summed E-state index contributed by atoms with van der Waals surface area (Å²) in [4.78, 5) is 12.1. The van der Waals surface area contributed by atoms with Gasteiger partial charge in [0.25, 0.3) is 0 Å². The Kier molecular flexibility index (Phi) is 10.8. The van der Waals surface area contributed by atoms with E-state index in [1.165, 1.54) is 5.56 Å². The van der Waals surface area contributed by atoms with Crippen LogP contribution < -0.4 is 10.6 Å². The monoisotopic (exact) mass is 362 g/mol. The summed E-state index contributed by atoms with van der Waals surface area (Å²) in [6.07, 6.45) is 1.64. The summed E-state index contributed by atoms with van der Waals surface area (Å²) in [5.74, 6) is 0.191. The second-order valence-corrected chi connectivity index (χ2v) is 5.40. The van der Waals surface area contributed by atoms with Crippen LogP contribution in [0.4, 0.5) is 0 Å². The molecule has 1 aromatic rings. The lowest BCUT2D eigenvalue weighted by molar-refractivity contribution is -0.125. The highest BCUT2D eigenvalue weighted by molar-refractivity contribution is 9.10. The fourth-order valence-corrected chi connectivity index (χ4v) is 2.39. The number of benzene rings is 1. The molecule has 0 saturated carbocycles. The molecule has 114 valence electrons. The Balaban J connectivity index is 0.00000361. The zero-order chi connectivity index (χ0) is 14.1. The lowest BCUT2D eigenvalue weighted by atomic mass is 9.96. The standard InChI is InChI=1S/C15H23BrN2O.ClH/c1-3-12(15(19)18-10-9-17-4-2)11-13-7-5-6-8-14(13)16;/h5-8,12,17H,3-4,9-11H2,1-2H3,(H,18,19);1H. The number of hydrogen-bond acceptors (Lipinski definition) is 2. The molecule has 0 aliphatic heterocycles. The molecule has 2 N–H and O–H groups in total. The molecule has 1 aromatic carbocycles. The van der Waals surface area contributed by atoms with Crippen LogP contribution in [0.25, 0.3) is 0 Å². The van der Waals surface area contributed by atoms with E-state index in [1.54, 1.807) is 0 Å². The van der Waals surface area contributed by atoms with E-state index in [0.717, 1.165) is 30.4 Å². The van der Waals surface area contributed by atoms with E-state index in [-0.39, 0.29) is 24.2 Å². The quantitative estimate of drug-likeness (QED) is 0.697. The van der Waals surface area contributed by atoms with Gasteiger partial charge in [-0.25, -0.2) is 0 Å². The molecule has 0 bridgehead atoms. The summed E-state index contributed by atoms with van der Waals surface area (Å²) in [5.41, 5.74) is 1.19. The van der Waals surface area contributed by atoms with Crippen LogP contribution in [0.5, 0.6) is 0 Å². The van der Waals surface area contributed by atoms with Crippen LogP contribution in [-0.2, 0) is 11.2 Å². The van der Waals surface area contributed by atoms with Crippen molar-refractivity contribution >= 4 is 34.2 Å². The third kappa shape index (κ3) is 6.73.